The van der Waals surface area contributed by atoms with Crippen LogP contribution in [-0.4, -0.2) is 89.9 Å². The summed E-state index contributed by atoms with van der Waals surface area (Å²) in [6, 6.07) is 56.1. The molecule has 0 aliphatic carbocycles. The standard InChI is InChI=1S/2C32H30O8.C31H28O8.9C2H6/c1-7-28(33)38-25-16-18-27(19-17-25)40-31(36)23-10-8-22(9-11-23)30(35)39-26-14-12-24(13-15-26)32(5,6)21(4)37-29(34)20(2)3;1-7-28(33)37-21(4)32(5,6)24-12-14-25(15-13-24)39-30(35)22-8-10-23(11-9-22)31(36)40-27-18-16-26(17-19-27)38-29(34)20(2)3;1-6-27(32)36-20(3)31(4,5)23-12-14-25(15-13-23)38-29(34)21-8-10-22(11-9-21)30(35)39-26-18-16-24(17-19-26)37-28(33)7-2;9*1-2/h2*7-19,21H,1-2H2,3-6H3;6-20H,1-2H2,3-5H3;9*1-2H3. The molecule has 0 aromatic heterocycles. The molecule has 137 heavy (non-hydrogen) atoms. The third-order valence-electron chi connectivity index (χ3n) is 18.5. The first-order chi connectivity index (χ1) is 65.3. The third kappa shape index (κ3) is 43.3. The molecule has 0 N–H and O–H groups in total. The van der Waals surface area contributed by atoms with Gasteiger partial charge in [0.1, 0.15) is 70.1 Å². The molecular formula is C113H142O24. The first-order valence-electron chi connectivity index (χ1n) is 45.7. The van der Waals surface area contributed by atoms with Gasteiger partial charge < -0.3 is 56.8 Å². The van der Waals surface area contributed by atoms with Gasteiger partial charge in [0.2, 0.25) is 0 Å². The molecule has 3 unspecified atom stereocenters. The van der Waals surface area contributed by atoms with E-state index in [2.05, 4.69) is 39.5 Å². The lowest BCUT2D eigenvalue weighted by atomic mass is 9.80. The van der Waals surface area contributed by atoms with Crippen molar-refractivity contribution in [3.63, 3.8) is 0 Å². The van der Waals surface area contributed by atoms with Crippen LogP contribution in [0.3, 0.4) is 0 Å². The van der Waals surface area contributed by atoms with Gasteiger partial charge in [-0.25, -0.2) is 57.5 Å². The first-order valence-corrected chi connectivity index (χ1v) is 45.7. The molecule has 24 nitrogen and oxygen atoms in total. The van der Waals surface area contributed by atoms with E-state index in [1.54, 1.807) is 81.4 Å². The SMILES string of the molecule is C=CC(=O)OC(C)C(C)(C)c1ccc(OC(=O)c2ccc(C(=O)Oc3ccc(OC(=O)C(=C)C)cc3)cc2)cc1.C=CC(=O)Oc1ccc(OC(=O)c2ccc(C(=O)Oc3ccc(C(C)(C)C(C)OC(=O)C(=C)C)cc3)cc2)cc1.C=CC(=O)Oc1ccc(OC(=O)c2ccc(C(=O)Oc3ccc(C(C)(C)C(C)OC(=O)C=C)cc3)cc2)cc1.CC.CC.CC.CC.CC.CC.CC.CC.CC. The zero-order valence-corrected chi connectivity index (χ0v) is 85.4. The monoisotopic (exact) mass is 1880 g/mol. The number of benzene rings is 9. The maximum Gasteiger partial charge on any atom is 0.343 e. The highest BCUT2D eigenvalue weighted by atomic mass is 16.6. The molecule has 0 amide bonds. The summed E-state index contributed by atoms with van der Waals surface area (Å²) in [5.41, 5.74) is 3.20. The van der Waals surface area contributed by atoms with Gasteiger partial charge in [0, 0.05) is 51.7 Å². The molecule has 0 bridgehead atoms. The van der Waals surface area contributed by atoms with Crippen LogP contribution in [0.25, 0.3) is 0 Å². The third-order valence-corrected chi connectivity index (χ3v) is 18.5. The summed E-state index contributed by atoms with van der Waals surface area (Å²) in [6.07, 6.45) is 3.08. The van der Waals surface area contributed by atoms with Gasteiger partial charge in [0.05, 0.1) is 33.4 Å². The molecule has 9 aromatic rings. The van der Waals surface area contributed by atoms with E-state index in [0.29, 0.717) is 22.8 Å². The van der Waals surface area contributed by atoms with Crippen molar-refractivity contribution in [2.75, 3.05) is 0 Å². The Morgan fingerprint density at radius 1 is 0.219 bits per heavy atom. The van der Waals surface area contributed by atoms with Crippen LogP contribution < -0.4 is 42.6 Å². The van der Waals surface area contributed by atoms with Crippen molar-refractivity contribution in [3.05, 3.63) is 343 Å². The molecule has 0 fully saturated rings. The Bertz CT molecular complexity index is 5250. The number of ether oxygens (including phenoxy) is 12. The van der Waals surface area contributed by atoms with Crippen LogP contribution >= 0.6 is 0 Å². The molecule has 0 aliphatic rings. The Labute approximate surface area is 812 Å². The lowest BCUT2D eigenvalue weighted by Crippen LogP contribution is -2.35. The van der Waals surface area contributed by atoms with Gasteiger partial charge in [0.15, 0.2) is 0 Å². The van der Waals surface area contributed by atoms with E-state index in [9.17, 15) is 57.5 Å². The van der Waals surface area contributed by atoms with Gasteiger partial charge in [-0.05, 0) is 233 Å². The minimum absolute atomic E-state index is 0.228. The van der Waals surface area contributed by atoms with Crippen molar-refractivity contribution < 1.29 is 114 Å². The minimum Gasteiger partial charge on any atom is -0.459 e. The van der Waals surface area contributed by atoms with Crippen LogP contribution in [0.15, 0.2) is 293 Å². The van der Waals surface area contributed by atoms with Gasteiger partial charge in [-0.1, -0.05) is 242 Å². The van der Waals surface area contributed by atoms with Gasteiger partial charge in [0.25, 0.3) is 0 Å². The highest BCUT2D eigenvalue weighted by molar-refractivity contribution is 5.98. The van der Waals surface area contributed by atoms with Crippen molar-refractivity contribution in [1.29, 1.82) is 0 Å². The Morgan fingerprint density at radius 3 is 0.526 bits per heavy atom. The van der Waals surface area contributed by atoms with E-state index >= 15 is 0 Å². The quantitative estimate of drug-likeness (QED) is 0.0175. The molecule has 0 radical (unpaired) electrons. The first kappa shape index (κ1) is 126. The normalized spacial score (nSPS) is 10.4. The van der Waals surface area contributed by atoms with Crippen LogP contribution in [0.4, 0.5) is 0 Å². The average molecular weight is 1880 g/mol. The molecular weight excluding hydrogens is 1740 g/mol. The number of esters is 12. The second-order valence-corrected chi connectivity index (χ2v) is 28.0. The second kappa shape index (κ2) is 68.1. The van der Waals surface area contributed by atoms with Crippen molar-refractivity contribution in [3.8, 4) is 51.7 Å². The molecule has 738 valence electrons. The van der Waals surface area contributed by atoms with E-state index < -0.39 is 106 Å². The minimum atomic E-state index is -0.628. The van der Waals surface area contributed by atoms with Gasteiger partial charge in [-0.2, -0.15) is 0 Å². The van der Waals surface area contributed by atoms with Gasteiger partial charge in [-0.15, -0.1) is 0 Å². The Hall–Kier alpha value is -14.9. The van der Waals surface area contributed by atoms with E-state index in [1.807, 2.05) is 185 Å². The van der Waals surface area contributed by atoms with Crippen LogP contribution in [0.1, 0.15) is 280 Å². The van der Waals surface area contributed by atoms with Crippen molar-refractivity contribution in [1.82, 2.24) is 0 Å². The number of carbonyl (C=O) groups excluding carboxylic acids is 12. The molecule has 24 heteroatoms. The zero-order chi connectivity index (χ0) is 105. The fourth-order valence-electron chi connectivity index (χ4n) is 10.2. The molecule has 0 aliphatic heterocycles. The predicted molar refractivity (Wildman–Crippen MR) is 543 cm³/mol. The van der Waals surface area contributed by atoms with Crippen LogP contribution in [0.2, 0.25) is 0 Å². The summed E-state index contributed by atoms with van der Waals surface area (Å²) >= 11 is 0. The summed E-state index contributed by atoms with van der Waals surface area (Å²) in [4.78, 5) is 144. The summed E-state index contributed by atoms with van der Waals surface area (Å²) in [5.74, 6) is -4.26. The Balaban J connectivity index is -0.00000181. The molecule has 0 spiro atoms. The summed E-state index contributed by atoms with van der Waals surface area (Å²) < 4.78 is 63.6. The predicted octanol–water partition coefficient (Wildman–Crippen LogP) is 26.9. The van der Waals surface area contributed by atoms with Gasteiger partial charge >= 0.3 is 71.6 Å². The zero-order valence-electron chi connectivity index (χ0n) is 85.4. The summed E-state index contributed by atoms with van der Waals surface area (Å²) in [6.45, 7) is 76.8. The smallest absolute Gasteiger partial charge is 0.343 e. The molecule has 9 rings (SSSR count). The molecule has 0 saturated heterocycles. The average Bonchev–Trinajstić information content (AvgIpc) is 0.811. The maximum absolute atomic E-state index is 12.6. The van der Waals surface area contributed by atoms with E-state index in [1.165, 1.54) is 153 Å². The van der Waals surface area contributed by atoms with E-state index in [-0.39, 0.29) is 73.5 Å². The highest BCUT2D eigenvalue weighted by Gasteiger charge is 2.34. The van der Waals surface area contributed by atoms with Crippen LogP contribution in [0.5, 0.6) is 51.7 Å². The molecule has 9 aromatic carbocycles. The van der Waals surface area contributed by atoms with Crippen molar-refractivity contribution in [2.45, 2.75) is 235 Å². The molecule has 3 atom stereocenters. The van der Waals surface area contributed by atoms with Crippen molar-refractivity contribution in [2.24, 2.45) is 0 Å². The van der Waals surface area contributed by atoms with Gasteiger partial charge in [-0.3, -0.25) is 0 Å². The number of hydrogen-bond donors (Lipinski definition) is 0. The number of carbonyl (C=O) groups is 12. The lowest BCUT2D eigenvalue weighted by Gasteiger charge is -2.32. The topological polar surface area (TPSA) is 316 Å². The lowest BCUT2D eigenvalue weighted by molar-refractivity contribution is -0.146. The summed E-state index contributed by atoms with van der Waals surface area (Å²) in [5, 5.41) is 0. The highest BCUT2D eigenvalue weighted by Crippen LogP contribution is 2.35. The van der Waals surface area contributed by atoms with E-state index in [0.717, 1.165) is 41.0 Å². The maximum atomic E-state index is 12.6. The molecule has 0 saturated carbocycles. The largest absolute Gasteiger partial charge is 0.459 e. The fraction of sp³-hybridized carbons (Fsp3) is 0.310. The molecule has 0 heterocycles. The van der Waals surface area contributed by atoms with E-state index in [4.69, 9.17) is 56.8 Å². The number of hydrogen-bond acceptors (Lipinski definition) is 24. The number of rotatable bonds is 30. The summed E-state index contributed by atoms with van der Waals surface area (Å²) in [7, 11) is 0. The van der Waals surface area contributed by atoms with Crippen LogP contribution in [-0.2, 0) is 59.2 Å². The Kier molecular flexibility index (Phi) is 62.7. The fourth-order valence-corrected chi connectivity index (χ4v) is 10.2. The van der Waals surface area contributed by atoms with Crippen LogP contribution in [0, 0.1) is 0 Å². The second-order valence-electron chi connectivity index (χ2n) is 28.0. The Morgan fingerprint density at radius 2 is 0.365 bits per heavy atom. The van der Waals surface area contributed by atoms with Crippen molar-refractivity contribution >= 4 is 71.6 Å².